The molecule has 0 aliphatic rings. The van der Waals surface area contributed by atoms with Gasteiger partial charge in [-0.25, -0.2) is 0 Å². The third-order valence-corrected chi connectivity index (χ3v) is 1.92. The molecule has 0 N–H and O–H groups in total. The van der Waals surface area contributed by atoms with E-state index in [1.165, 1.54) is 4.68 Å². The van der Waals surface area contributed by atoms with E-state index in [-0.39, 0.29) is 12.5 Å². The lowest BCUT2D eigenvalue weighted by Gasteiger charge is -2.00. The highest BCUT2D eigenvalue weighted by atomic mass is 16.5. The molecule has 0 amide bonds. The first-order valence-corrected chi connectivity index (χ1v) is 4.73. The van der Waals surface area contributed by atoms with Gasteiger partial charge in [0.1, 0.15) is 17.6 Å². The van der Waals surface area contributed by atoms with E-state index in [9.17, 15) is 4.79 Å². The van der Waals surface area contributed by atoms with Crippen LogP contribution in [0.2, 0.25) is 0 Å². The maximum absolute atomic E-state index is 11.2. The summed E-state index contributed by atoms with van der Waals surface area (Å²) in [5, 5.41) is 4.19. The summed E-state index contributed by atoms with van der Waals surface area (Å²) in [5.41, 5.74) is 1.56. The smallest absolute Gasteiger partial charge is 0.327 e. The lowest BCUT2D eigenvalue weighted by Crippen LogP contribution is -2.13. The second kappa shape index (κ2) is 4.08. The summed E-state index contributed by atoms with van der Waals surface area (Å²) in [7, 11) is 0. The number of rotatable bonds is 3. The summed E-state index contributed by atoms with van der Waals surface area (Å²) in [6, 6.07) is 3.66. The third kappa shape index (κ3) is 2.12. The van der Waals surface area contributed by atoms with Crippen LogP contribution in [-0.4, -0.2) is 27.3 Å². The standard InChI is InChI=1S/C10H11N3O2/c1-2-15-10(14)7-13-6-9-8(12-13)4-3-5-11-9/h3-6H,2,7H2,1H3. The second-order valence-electron chi connectivity index (χ2n) is 3.04. The summed E-state index contributed by atoms with van der Waals surface area (Å²) < 4.78 is 6.36. The molecule has 15 heavy (non-hydrogen) atoms. The molecule has 0 saturated carbocycles. The van der Waals surface area contributed by atoms with Crippen LogP contribution in [0.3, 0.4) is 0 Å². The monoisotopic (exact) mass is 205 g/mol. The maximum Gasteiger partial charge on any atom is 0.327 e. The zero-order valence-corrected chi connectivity index (χ0v) is 8.38. The van der Waals surface area contributed by atoms with Crippen LogP contribution in [0.25, 0.3) is 11.0 Å². The van der Waals surface area contributed by atoms with E-state index in [2.05, 4.69) is 10.1 Å². The molecule has 0 aliphatic heterocycles. The molecule has 2 aromatic heterocycles. The summed E-state index contributed by atoms with van der Waals surface area (Å²) >= 11 is 0. The van der Waals surface area contributed by atoms with Crippen molar-refractivity contribution in [2.45, 2.75) is 13.5 Å². The van der Waals surface area contributed by atoms with Crippen molar-refractivity contribution in [3.05, 3.63) is 24.5 Å². The zero-order chi connectivity index (χ0) is 10.7. The van der Waals surface area contributed by atoms with Gasteiger partial charge in [0.05, 0.1) is 12.8 Å². The van der Waals surface area contributed by atoms with E-state index in [0.29, 0.717) is 6.61 Å². The lowest BCUT2D eigenvalue weighted by molar-refractivity contribution is -0.144. The number of ether oxygens (including phenoxy) is 1. The highest BCUT2D eigenvalue weighted by molar-refractivity contribution is 5.74. The number of esters is 1. The Kier molecular flexibility index (Phi) is 2.62. The van der Waals surface area contributed by atoms with Crippen molar-refractivity contribution in [2.75, 3.05) is 6.61 Å². The van der Waals surface area contributed by atoms with Gasteiger partial charge in [-0.3, -0.25) is 14.5 Å². The van der Waals surface area contributed by atoms with Crippen molar-refractivity contribution in [1.82, 2.24) is 14.8 Å². The van der Waals surface area contributed by atoms with Crippen LogP contribution in [0.4, 0.5) is 0 Å². The molecule has 0 fully saturated rings. The summed E-state index contributed by atoms with van der Waals surface area (Å²) in [6.45, 7) is 2.29. The fraction of sp³-hybridized carbons (Fsp3) is 0.300. The highest BCUT2D eigenvalue weighted by Gasteiger charge is 2.05. The minimum absolute atomic E-state index is 0.129. The van der Waals surface area contributed by atoms with Gasteiger partial charge in [-0.05, 0) is 19.1 Å². The molecule has 0 unspecified atom stereocenters. The third-order valence-electron chi connectivity index (χ3n) is 1.92. The van der Waals surface area contributed by atoms with Gasteiger partial charge in [0.2, 0.25) is 0 Å². The molecule has 0 aliphatic carbocycles. The Morgan fingerprint density at radius 1 is 1.53 bits per heavy atom. The van der Waals surface area contributed by atoms with E-state index >= 15 is 0 Å². The fourth-order valence-corrected chi connectivity index (χ4v) is 1.32. The second-order valence-corrected chi connectivity index (χ2v) is 3.04. The molecule has 0 bridgehead atoms. The molecule has 5 nitrogen and oxygen atoms in total. The average Bonchev–Trinajstić information content (AvgIpc) is 2.59. The van der Waals surface area contributed by atoms with E-state index in [1.54, 1.807) is 19.3 Å². The fourth-order valence-electron chi connectivity index (χ4n) is 1.32. The van der Waals surface area contributed by atoms with Crippen molar-refractivity contribution in [1.29, 1.82) is 0 Å². The quantitative estimate of drug-likeness (QED) is 0.701. The normalized spacial score (nSPS) is 10.5. The van der Waals surface area contributed by atoms with Crippen LogP contribution in [0.5, 0.6) is 0 Å². The van der Waals surface area contributed by atoms with E-state index < -0.39 is 0 Å². The molecule has 0 spiro atoms. The van der Waals surface area contributed by atoms with Crippen molar-refractivity contribution < 1.29 is 9.53 Å². The van der Waals surface area contributed by atoms with Gasteiger partial charge in [0.25, 0.3) is 0 Å². The van der Waals surface area contributed by atoms with Crippen molar-refractivity contribution in [3.8, 4) is 0 Å². The van der Waals surface area contributed by atoms with Gasteiger partial charge >= 0.3 is 5.97 Å². The SMILES string of the molecule is CCOC(=O)Cn1cc2ncccc2n1. The Bertz CT molecular complexity index is 445. The van der Waals surface area contributed by atoms with Gasteiger partial charge in [0.15, 0.2) is 0 Å². The van der Waals surface area contributed by atoms with E-state index in [4.69, 9.17) is 4.74 Å². The topological polar surface area (TPSA) is 57.0 Å². The minimum Gasteiger partial charge on any atom is -0.465 e. The Hall–Kier alpha value is -1.91. The number of aromatic nitrogens is 3. The Labute approximate surface area is 86.7 Å². The van der Waals surface area contributed by atoms with Gasteiger partial charge < -0.3 is 4.74 Å². The molecule has 0 aromatic carbocycles. The number of hydrogen-bond donors (Lipinski definition) is 0. The minimum atomic E-state index is -0.287. The first kappa shape index (κ1) is 9.64. The summed E-state index contributed by atoms with van der Waals surface area (Å²) in [6.07, 6.45) is 3.42. The van der Waals surface area contributed by atoms with Crippen LogP contribution >= 0.6 is 0 Å². The number of carbonyl (C=O) groups excluding carboxylic acids is 1. The number of hydrogen-bond acceptors (Lipinski definition) is 4. The van der Waals surface area contributed by atoms with E-state index in [1.807, 2.05) is 12.1 Å². The summed E-state index contributed by atoms with van der Waals surface area (Å²) in [4.78, 5) is 15.3. The van der Waals surface area contributed by atoms with Gasteiger partial charge in [0, 0.05) is 6.20 Å². The number of carbonyl (C=O) groups is 1. The molecule has 0 radical (unpaired) electrons. The lowest BCUT2D eigenvalue weighted by atomic mass is 10.4. The highest BCUT2D eigenvalue weighted by Crippen LogP contribution is 2.07. The van der Waals surface area contributed by atoms with Crippen LogP contribution in [0, 0.1) is 0 Å². The Morgan fingerprint density at radius 3 is 3.13 bits per heavy atom. The largest absolute Gasteiger partial charge is 0.465 e. The van der Waals surface area contributed by atoms with Crippen LogP contribution in [0.15, 0.2) is 24.5 Å². The summed E-state index contributed by atoms with van der Waals surface area (Å²) in [5.74, 6) is -0.287. The predicted octanol–water partition coefficient (Wildman–Crippen LogP) is 0.994. The predicted molar refractivity (Wildman–Crippen MR) is 54.2 cm³/mol. The number of fused-ring (bicyclic) bond motifs is 1. The van der Waals surface area contributed by atoms with Gasteiger partial charge in [-0.15, -0.1) is 0 Å². The Balaban J connectivity index is 2.18. The van der Waals surface area contributed by atoms with Crippen molar-refractivity contribution in [3.63, 3.8) is 0 Å². The molecule has 0 saturated heterocycles. The molecular formula is C10H11N3O2. The molecule has 2 heterocycles. The molecule has 5 heteroatoms. The Morgan fingerprint density at radius 2 is 2.40 bits per heavy atom. The maximum atomic E-state index is 11.2. The van der Waals surface area contributed by atoms with Gasteiger partial charge in [-0.1, -0.05) is 0 Å². The van der Waals surface area contributed by atoms with E-state index in [0.717, 1.165) is 11.0 Å². The van der Waals surface area contributed by atoms with Crippen molar-refractivity contribution >= 4 is 17.0 Å². The molecule has 0 atom stereocenters. The first-order valence-electron chi connectivity index (χ1n) is 4.73. The van der Waals surface area contributed by atoms with Crippen LogP contribution < -0.4 is 0 Å². The molecular weight excluding hydrogens is 194 g/mol. The molecule has 78 valence electrons. The first-order chi connectivity index (χ1) is 7.29. The van der Waals surface area contributed by atoms with Crippen molar-refractivity contribution in [2.24, 2.45) is 0 Å². The van der Waals surface area contributed by atoms with Crippen LogP contribution in [-0.2, 0) is 16.1 Å². The molecule has 2 aromatic rings. The van der Waals surface area contributed by atoms with Crippen LogP contribution in [0.1, 0.15) is 6.92 Å². The zero-order valence-electron chi connectivity index (χ0n) is 8.38. The number of nitrogens with zero attached hydrogens (tertiary/aromatic N) is 3. The number of pyridine rings is 1. The average molecular weight is 205 g/mol. The molecule has 2 rings (SSSR count). The van der Waals surface area contributed by atoms with Gasteiger partial charge in [-0.2, -0.15) is 5.10 Å².